The monoisotopic (exact) mass is 443 g/mol. The molecule has 0 fully saturated rings. The number of rotatable bonds is 4. The fourth-order valence-corrected chi connectivity index (χ4v) is 3.97. The van der Waals surface area contributed by atoms with Gasteiger partial charge in [-0.3, -0.25) is 20.7 Å². The van der Waals surface area contributed by atoms with Gasteiger partial charge < -0.3 is 10.1 Å². The first-order chi connectivity index (χ1) is 15.4. The number of fused-ring (bicyclic) bond motifs is 1. The Labute approximate surface area is 192 Å². The van der Waals surface area contributed by atoms with Gasteiger partial charge in [0.1, 0.15) is 11.7 Å². The van der Waals surface area contributed by atoms with E-state index in [0.717, 1.165) is 35.4 Å². The van der Waals surface area contributed by atoms with Gasteiger partial charge in [0.15, 0.2) is 0 Å². The number of aliphatic imine (C=N–C) groups is 1. The van der Waals surface area contributed by atoms with Gasteiger partial charge in [-0.05, 0) is 59.4 Å². The molecule has 1 aliphatic rings. The van der Waals surface area contributed by atoms with Crippen LogP contribution in [-0.2, 0) is 6.61 Å². The van der Waals surface area contributed by atoms with Crippen molar-refractivity contribution < 1.29 is 10.1 Å². The van der Waals surface area contributed by atoms with Crippen LogP contribution in [0.2, 0.25) is 5.02 Å². The van der Waals surface area contributed by atoms with E-state index in [1.807, 2.05) is 42.5 Å². The van der Waals surface area contributed by atoms with Crippen LogP contribution in [0.25, 0.3) is 11.1 Å². The van der Waals surface area contributed by atoms with Crippen molar-refractivity contribution in [2.24, 2.45) is 4.99 Å². The quantitative estimate of drug-likeness (QED) is 0.282. The predicted molar refractivity (Wildman–Crippen MR) is 131 cm³/mol. The van der Waals surface area contributed by atoms with Crippen LogP contribution < -0.4 is 10.4 Å². The molecule has 0 bridgehead atoms. The third kappa shape index (κ3) is 4.10. The molecule has 0 aromatic heterocycles. The van der Waals surface area contributed by atoms with Crippen LogP contribution in [0, 0.1) is 10.8 Å². The van der Waals surface area contributed by atoms with E-state index < -0.39 is 0 Å². The molecule has 4 N–H and O–H groups in total. The first-order valence-electron chi connectivity index (χ1n) is 10.0. The number of aliphatic hydroxyl groups is 1. The summed E-state index contributed by atoms with van der Waals surface area (Å²) < 4.78 is 0. The SMILES string of the molecule is CC(=N)N1C(=N)CN=C(c2ccc(Cl)cc2)c2cc(-c3ccc([B]O)c(CO)c3)ccc21. The second-order valence-corrected chi connectivity index (χ2v) is 7.91. The third-order valence-corrected chi connectivity index (χ3v) is 5.64. The summed E-state index contributed by atoms with van der Waals surface area (Å²) in [7, 11) is 0.980. The molecule has 0 atom stereocenters. The molecule has 0 saturated carbocycles. The van der Waals surface area contributed by atoms with E-state index in [4.69, 9.17) is 27.4 Å². The molecule has 3 aromatic rings. The number of anilines is 1. The summed E-state index contributed by atoms with van der Waals surface area (Å²) in [6.45, 7) is 1.60. The largest absolute Gasteiger partial charge is 0.450 e. The van der Waals surface area contributed by atoms with Gasteiger partial charge in [0.25, 0.3) is 0 Å². The molecular weight excluding hydrogens is 423 g/mol. The van der Waals surface area contributed by atoms with Crippen molar-refractivity contribution >= 4 is 47.6 Å². The maximum Gasteiger partial charge on any atom is 0.327 e. The van der Waals surface area contributed by atoms with Gasteiger partial charge in [0.05, 0.1) is 24.6 Å². The Bertz CT molecular complexity index is 1240. The molecule has 3 aromatic carbocycles. The van der Waals surface area contributed by atoms with Crippen molar-refractivity contribution in [2.45, 2.75) is 13.5 Å². The molecule has 6 nitrogen and oxygen atoms in total. The minimum atomic E-state index is -0.194. The average Bonchev–Trinajstić information content (AvgIpc) is 2.94. The Morgan fingerprint density at radius 2 is 1.72 bits per heavy atom. The second kappa shape index (κ2) is 9.08. The zero-order valence-electron chi connectivity index (χ0n) is 17.4. The summed E-state index contributed by atoms with van der Waals surface area (Å²) in [5.74, 6) is 0.461. The summed E-state index contributed by atoms with van der Waals surface area (Å²) >= 11 is 6.08. The van der Waals surface area contributed by atoms with Crippen LogP contribution in [0.15, 0.2) is 65.7 Å². The number of hydrogen-bond donors (Lipinski definition) is 4. The minimum Gasteiger partial charge on any atom is -0.450 e. The molecule has 159 valence electrons. The molecule has 1 radical (unpaired) electrons. The second-order valence-electron chi connectivity index (χ2n) is 7.47. The van der Waals surface area contributed by atoms with Crippen molar-refractivity contribution in [3.05, 3.63) is 82.4 Å². The highest BCUT2D eigenvalue weighted by molar-refractivity contribution is 6.46. The van der Waals surface area contributed by atoms with Gasteiger partial charge in [0, 0.05) is 16.1 Å². The van der Waals surface area contributed by atoms with Gasteiger partial charge in [-0.2, -0.15) is 0 Å². The fourth-order valence-electron chi connectivity index (χ4n) is 3.84. The Morgan fingerprint density at radius 3 is 2.38 bits per heavy atom. The lowest BCUT2D eigenvalue weighted by Crippen LogP contribution is -2.35. The number of hydrogen-bond acceptors (Lipinski definition) is 5. The summed E-state index contributed by atoms with van der Waals surface area (Å²) in [4.78, 5) is 6.30. The van der Waals surface area contributed by atoms with E-state index in [1.165, 1.54) is 0 Å². The maximum absolute atomic E-state index is 9.67. The Balaban J connectivity index is 1.91. The fraction of sp³-hybridized carbons (Fsp3) is 0.125. The van der Waals surface area contributed by atoms with Crippen LogP contribution in [0.3, 0.4) is 0 Å². The number of benzene rings is 3. The molecule has 32 heavy (non-hydrogen) atoms. The molecule has 1 heterocycles. The van der Waals surface area contributed by atoms with Crippen LogP contribution in [-0.4, -0.2) is 41.5 Å². The normalized spacial score (nSPS) is 13.3. The van der Waals surface area contributed by atoms with Gasteiger partial charge in [-0.25, -0.2) is 0 Å². The van der Waals surface area contributed by atoms with Crippen molar-refractivity contribution in [1.82, 2.24) is 0 Å². The van der Waals surface area contributed by atoms with E-state index in [0.29, 0.717) is 21.7 Å². The lowest BCUT2D eigenvalue weighted by Gasteiger charge is -2.24. The molecule has 1 aliphatic heterocycles. The van der Waals surface area contributed by atoms with Crippen molar-refractivity contribution in [3.63, 3.8) is 0 Å². The molecule has 0 spiro atoms. The number of benzodiazepines with no additional fused rings is 1. The molecule has 4 rings (SSSR count). The first-order valence-corrected chi connectivity index (χ1v) is 10.4. The summed E-state index contributed by atoms with van der Waals surface area (Å²) in [6.07, 6.45) is 0. The van der Waals surface area contributed by atoms with Crippen LogP contribution >= 0.6 is 11.6 Å². The lowest BCUT2D eigenvalue weighted by atomic mass is 9.83. The summed E-state index contributed by atoms with van der Waals surface area (Å²) in [5, 5.41) is 36.4. The molecule has 0 aliphatic carbocycles. The minimum absolute atomic E-state index is 0.147. The molecule has 8 heteroatoms. The Hall–Kier alpha value is -3.26. The highest BCUT2D eigenvalue weighted by Crippen LogP contribution is 2.32. The average molecular weight is 444 g/mol. The van der Waals surface area contributed by atoms with E-state index in [2.05, 4.69) is 0 Å². The maximum atomic E-state index is 9.67. The number of halogens is 1. The van der Waals surface area contributed by atoms with E-state index in [-0.39, 0.29) is 24.8 Å². The van der Waals surface area contributed by atoms with Crippen LogP contribution in [0.4, 0.5) is 5.69 Å². The summed E-state index contributed by atoms with van der Waals surface area (Å²) in [5.41, 5.74) is 6.03. The highest BCUT2D eigenvalue weighted by Gasteiger charge is 2.25. The van der Waals surface area contributed by atoms with Crippen molar-refractivity contribution in [2.75, 3.05) is 11.4 Å². The zero-order chi connectivity index (χ0) is 22.8. The number of nitrogens with one attached hydrogen (secondary N) is 2. The highest BCUT2D eigenvalue weighted by atomic mass is 35.5. The topological polar surface area (TPSA) is 104 Å². The molecule has 0 amide bonds. The Kier molecular flexibility index (Phi) is 6.23. The van der Waals surface area contributed by atoms with E-state index >= 15 is 0 Å². The smallest absolute Gasteiger partial charge is 0.327 e. The van der Waals surface area contributed by atoms with Crippen LogP contribution in [0.1, 0.15) is 23.6 Å². The standard InChI is InChI=1S/C24H21BClN4O2/c1-14(27)30-22-9-5-17(16-4-8-21(25-32)18(10-16)13-31)11-20(22)24(29-12-23(30)28)15-2-6-19(26)7-3-15/h2-11,27-28,31-32H,12-13H2,1H3. The van der Waals surface area contributed by atoms with Crippen molar-refractivity contribution in [3.8, 4) is 11.1 Å². The summed E-state index contributed by atoms with van der Waals surface area (Å²) in [6, 6.07) is 18.6. The van der Waals surface area contributed by atoms with Crippen LogP contribution in [0.5, 0.6) is 0 Å². The molecule has 0 unspecified atom stereocenters. The van der Waals surface area contributed by atoms with Gasteiger partial charge in [-0.15, -0.1) is 0 Å². The van der Waals surface area contributed by atoms with E-state index in [9.17, 15) is 10.1 Å². The third-order valence-electron chi connectivity index (χ3n) is 5.39. The van der Waals surface area contributed by atoms with E-state index in [1.54, 1.807) is 30.0 Å². The molecule has 0 saturated heterocycles. The first kappa shape index (κ1) is 22.0. The lowest BCUT2D eigenvalue weighted by molar-refractivity contribution is 0.283. The number of aliphatic hydroxyl groups excluding tert-OH is 1. The predicted octanol–water partition coefficient (Wildman–Crippen LogP) is 3.37. The molecular formula is C24H21BClN4O2. The number of nitrogens with zero attached hydrogens (tertiary/aromatic N) is 2. The van der Waals surface area contributed by atoms with Gasteiger partial charge >= 0.3 is 7.48 Å². The van der Waals surface area contributed by atoms with Gasteiger partial charge in [-0.1, -0.05) is 41.9 Å². The van der Waals surface area contributed by atoms with Gasteiger partial charge in [0.2, 0.25) is 0 Å². The van der Waals surface area contributed by atoms with Crippen molar-refractivity contribution in [1.29, 1.82) is 10.8 Å². The number of amidine groups is 2. The Morgan fingerprint density at radius 1 is 1.06 bits per heavy atom. The zero-order valence-corrected chi connectivity index (χ0v) is 18.2.